The number of carbonyl (C=O) groups is 1. The Labute approximate surface area is 97.0 Å². The van der Waals surface area contributed by atoms with Gasteiger partial charge in [-0.05, 0) is 50.6 Å². The van der Waals surface area contributed by atoms with Crippen LogP contribution < -0.4 is 5.32 Å². The molecule has 2 aliphatic rings. The maximum atomic E-state index is 11.3. The second-order valence-corrected chi connectivity index (χ2v) is 4.96. The highest BCUT2D eigenvalue weighted by molar-refractivity contribution is 5.77. The molecule has 2 heterocycles. The van der Waals surface area contributed by atoms with Crippen LogP contribution in [0.15, 0.2) is 0 Å². The zero-order valence-corrected chi connectivity index (χ0v) is 9.82. The van der Waals surface area contributed by atoms with Crippen molar-refractivity contribution >= 4 is 5.91 Å². The Bertz CT molecular complexity index is 231. The van der Waals surface area contributed by atoms with Gasteiger partial charge in [0.05, 0.1) is 0 Å². The topological polar surface area (TPSA) is 52.6 Å². The summed E-state index contributed by atoms with van der Waals surface area (Å²) in [6.07, 6.45) is 4.82. The second-order valence-electron chi connectivity index (χ2n) is 4.96. The Balaban J connectivity index is 1.78. The van der Waals surface area contributed by atoms with Gasteiger partial charge in [0, 0.05) is 13.1 Å². The first-order chi connectivity index (χ1) is 7.81. The molecule has 92 valence electrons. The molecule has 2 rings (SSSR count). The molecule has 2 aliphatic heterocycles. The lowest BCUT2D eigenvalue weighted by Gasteiger charge is -2.37. The molecule has 0 radical (unpaired) electrons. The third-order valence-electron chi connectivity index (χ3n) is 4.08. The van der Waals surface area contributed by atoms with Gasteiger partial charge in [-0.15, -0.1) is 0 Å². The monoisotopic (exact) mass is 226 g/mol. The molecular weight excluding hydrogens is 204 g/mol. The van der Waals surface area contributed by atoms with E-state index in [4.69, 9.17) is 5.11 Å². The van der Waals surface area contributed by atoms with E-state index in [2.05, 4.69) is 5.32 Å². The van der Waals surface area contributed by atoms with E-state index < -0.39 is 0 Å². The Morgan fingerprint density at radius 2 is 1.69 bits per heavy atom. The van der Waals surface area contributed by atoms with E-state index in [0.717, 1.165) is 50.9 Å². The average molecular weight is 226 g/mol. The maximum Gasteiger partial charge on any atom is 0.248 e. The number of hydrogen-bond acceptors (Lipinski definition) is 3. The summed E-state index contributed by atoms with van der Waals surface area (Å²) in [5, 5.41) is 12.2. The highest BCUT2D eigenvalue weighted by Gasteiger charge is 2.28. The number of likely N-dealkylation sites (tertiary alicyclic amines) is 1. The van der Waals surface area contributed by atoms with E-state index in [1.807, 2.05) is 0 Å². The van der Waals surface area contributed by atoms with Crippen LogP contribution in [0.1, 0.15) is 25.7 Å². The average Bonchev–Trinajstić information content (AvgIpc) is 2.39. The molecule has 0 aromatic rings. The number of amides is 1. The molecule has 2 fully saturated rings. The highest BCUT2D eigenvalue weighted by Crippen LogP contribution is 2.30. The number of nitrogens with one attached hydrogen (secondary N) is 1. The summed E-state index contributed by atoms with van der Waals surface area (Å²) in [7, 11) is 0. The number of piperidine rings is 2. The number of aliphatic hydroxyl groups excluding tert-OH is 1. The summed E-state index contributed by atoms with van der Waals surface area (Å²) in [5.41, 5.74) is 0. The van der Waals surface area contributed by atoms with Crippen LogP contribution in [0.4, 0.5) is 0 Å². The van der Waals surface area contributed by atoms with Crippen molar-refractivity contribution in [2.45, 2.75) is 25.7 Å². The summed E-state index contributed by atoms with van der Waals surface area (Å²) in [4.78, 5) is 13.1. The summed E-state index contributed by atoms with van der Waals surface area (Å²) >= 11 is 0. The third kappa shape index (κ3) is 2.74. The summed E-state index contributed by atoms with van der Waals surface area (Å²) < 4.78 is 0. The minimum Gasteiger partial charge on any atom is -0.387 e. The van der Waals surface area contributed by atoms with Gasteiger partial charge in [-0.25, -0.2) is 0 Å². The van der Waals surface area contributed by atoms with E-state index in [1.165, 1.54) is 12.8 Å². The number of carbonyl (C=O) groups excluding carboxylic acids is 1. The van der Waals surface area contributed by atoms with Gasteiger partial charge in [-0.3, -0.25) is 4.79 Å². The molecule has 4 nitrogen and oxygen atoms in total. The predicted octanol–water partition coefficient (Wildman–Crippen LogP) is 0.217. The summed E-state index contributed by atoms with van der Waals surface area (Å²) in [5.74, 6) is 1.54. The van der Waals surface area contributed by atoms with Gasteiger partial charge >= 0.3 is 0 Å². The molecule has 0 unspecified atom stereocenters. The van der Waals surface area contributed by atoms with Crippen LogP contribution in [0.5, 0.6) is 0 Å². The van der Waals surface area contributed by atoms with Gasteiger partial charge in [-0.2, -0.15) is 0 Å². The van der Waals surface area contributed by atoms with Crippen LogP contribution >= 0.6 is 0 Å². The van der Waals surface area contributed by atoms with Crippen molar-refractivity contribution in [3.05, 3.63) is 0 Å². The van der Waals surface area contributed by atoms with Gasteiger partial charge in [0.25, 0.3) is 0 Å². The summed E-state index contributed by atoms with van der Waals surface area (Å²) in [6, 6.07) is 0. The fourth-order valence-electron chi connectivity index (χ4n) is 3.04. The van der Waals surface area contributed by atoms with Crippen molar-refractivity contribution in [2.24, 2.45) is 11.8 Å². The van der Waals surface area contributed by atoms with Crippen LogP contribution in [0.2, 0.25) is 0 Å². The van der Waals surface area contributed by atoms with Crippen LogP contribution in [-0.4, -0.2) is 48.7 Å². The van der Waals surface area contributed by atoms with E-state index in [-0.39, 0.29) is 12.5 Å². The smallest absolute Gasteiger partial charge is 0.248 e. The Morgan fingerprint density at radius 1 is 1.12 bits per heavy atom. The molecule has 0 saturated carbocycles. The van der Waals surface area contributed by atoms with Crippen molar-refractivity contribution < 1.29 is 9.90 Å². The molecule has 0 bridgehead atoms. The Hall–Kier alpha value is -0.610. The standard InChI is InChI=1S/C12H22N2O2/c15-9-12(16)14-7-3-11(4-8-14)10-1-5-13-6-2-10/h10-11,13,15H,1-9H2. The molecule has 0 aliphatic carbocycles. The summed E-state index contributed by atoms with van der Waals surface area (Å²) in [6.45, 7) is 3.65. The van der Waals surface area contributed by atoms with Gasteiger partial charge in [0.1, 0.15) is 6.61 Å². The fourth-order valence-corrected chi connectivity index (χ4v) is 3.04. The van der Waals surface area contributed by atoms with Gasteiger partial charge in [0.2, 0.25) is 5.91 Å². The number of rotatable bonds is 2. The van der Waals surface area contributed by atoms with E-state index >= 15 is 0 Å². The number of hydrogen-bond donors (Lipinski definition) is 2. The SMILES string of the molecule is O=C(CO)N1CCC(C2CCNCC2)CC1. The van der Waals surface area contributed by atoms with Gasteiger partial charge in [0.15, 0.2) is 0 Å². The van der Waals surface area contributed by atoms with Crippen LogP contribution in [0.3, 0.4) is 0 Å². The minimum atomic E-state index is -0.335. The molecule has 1 amide bonds. The molecule has 16 heavy (non-hydrogen) atoms. The minimum absolute atomic E-state index is 0.108. The van der Waals surface area contributed by atoms with Crippen molar-refractivity contribution in [3.63, 3.8) is 0 Å². The quantitative estimate of drug-likeness (QED) is 0.708. The third-order valence-corrected chi connectivity index (χ3v) is 4.08. The second kappa shape index (κ2) is 5.64. The molecule has 2 saturated heterocycles. The first kappa shape index (κ1) is 11.9. The first-order valence-electron chi connectivity index (χ1n) is 6.40. The van der Waals surface area contributed by atoms with E-state index in [0.29, 0.717) is 0 Å². The predicted molar refractivity (Wildman–Crippen MR) is 62.0 cm³/mol. The normalized spacial score (nSPS) is 24.7. The Kier molecular flexibility index (Phi) is 4.18. The highest BCUT2D eigenvalue weighted by atomic mass is 16.3. The van der Waals surface area contributed by atoms with Gasteiger partial charge < -0.3 is 15.3 Å². The van der Waals surface area contributed by atoms with Crippen molar-refractivity contribution in [1.82, 2.24) is 10.2 Å². The van der Waals surface area contributed by atoms with Crippen LogP contribution in [0, 0.1) is 11.8 Å². The van der Waals surface area contributed by atoms with Crippen molar-refractivity contribution in [2.75, 3.05) is 32.8 Å². The van der Waals surface area contributed by atoms with Gasteiger partial charge in [-0.1, -0.05) is 0 Å². The van der Waals surface area contributed by atoms with E-state index in [1.54, 1.807) is 4.90 Å². The molecule has 4 heteroatoms. The molecule has 0 spiro atoms. The molecule has 2 N–H and O–H groups in total. The largest absolute Gasteiger partial charge is 0.387 e. The lowest BCUT2D eigenvalue weighted by molar-refractivity contribution is -0.135. The van der Waals surface area contributed by atoms with Crippen LogP contribution in [0.25, 0.3) is 0 Å². The zero-order chi connectivity index (χ0) is 11.4. The van der Waals surface area contributed by atoms with Crippen LogP contribution in [-0.2, 0) is 4.79 Å². The maximum absolute atomic E-state index is 11.3. The van der Waals surface area contributed by atoms with E-state index in [9.17, 15) is 4.79 Å². The molecule has 0 aromatic heterocycles. The molecule has 0 aromatic carbocycles. The molecular formula is C12H22N2O2. The van der Waals surface area contributed by atoms with Crippen molar-refractivity contribution in [3.8, 4) is 0 Å². The lowest BCUT2D eigenvalue weighted by Crippen LogP contribution is -2.42. The fraction of sp³-hybridized carbons (Fsp3) is 0.917. The molecule has 0 atom stereocenters. The van der Waals surface area contributed by atoms with Crippen molar-refractivity contribution in [1.29, 1.82) is 0 Å². The number of aliphatic hydroxyl groups is 1. The Morgan fingerprint density at radius 3 is 2.25 bits per heavy atom. The lowest BCUT2D eigenvalue weighted by atomic mass is 9.79. The zero-order valence-electron chi connectivity index (χ0n) is 9.82. The first-order valence-corrected chi connectivity index (χ1v) is 6.40. The number of nitrogens with zero attached hydrogens (tertiary/aromatic N) is 1.